The molecule has 4 heteroatoms. The van der Waals surface area contributed by atoms with Gasteiger partial charge in [0.1, 0.15) is 0 Å². The summed E-state index contributed by atoms with van der Waals surface area (Å²) in [6, 6.07) is 0.0219. The van der Waals surface area contributed by atoms with Crippen molar-refractivity contribution in [3.05, 3.63) is 0 Å². The van der Waals surface area contributed by atoms with Crippen LogP contribution in [0.5, 0.6) is 0 Å². The molecule has 2 aliphatic heterocycles. The first-order chi connectivity index (χ1) is 7.20. The zero-order chi connectivity index (χ0) is 10.8. The molecule has 0 saturated carbocycles. The molecule has 2 atom stereocenters. The molecule has 0 spiro atoms. The summed E-state index contributed by atoms with van der Waals surface area (Å²) in [5.74, 6) is 0.950. The van der Waals surface area contributed by atoms with Gasteiger partial charge in [0.15, 0.2) is 0 Å². The highest BCUT2D eigenvalue weighted by atomic mass is 16.2. The zero-order valence-corrected chi connectivity index (χ0v) is 9.70. The van der Waals surface area contributed by atoms with E-state index in [0.717, 1.165) is 26.3 Å². The van der Waals surface area contributed by atoms with Gasteiger partial charge in [-0.2, -0.15) is 0 Å². The number of carbonyl (C=O) groups is 1. The fraction of sp³-hybridized carbons (Fsp3) is 0.909. The first-order valence-electron chi connectivity index (χ1n) is 5.95. The van der Waals surface area contributed by atoms with Crippen molar-refractivity contribution in [1.29, 1.82) is 0 Å². The Hall–Kier alpha value is -0.610. The lowest BCUT2D eigenvalue weighted by Gasteiger charge is -2.20. The van der Waals surface area contributed by atoms with Crippen molar-refractivity contribution in [3.63, 3.8) is 0 Å². The SMILES string of the molecule is CCN1CCC(CN2CNC(C)C2=O)C1. The summed E-state index contributed by atoms with van der Waals surface area (Å²) in [5, 5.41) is 3.18. The van der Waals surface area contributed by atoms with Gasteiger partial charge in [0.25, 0.3) is 0 Å². The number of hydrogen-bond acceptors (Lipinski definition) is 3. The molecule has 4 nitrogen and oxygen atoms in total. The Morgan fingerprint density at radius 2 is 2.33 bits per heavy atom. The summed E-state index contributed by atoms with van der Waals surface area (Å²) in [5.41, 5.74) is 0. The van der Waals surface area contributed by atoms with Crippen LogP contribution in [-0.4, -0.2) is 54.6 Å². The van der Waals surface area contributed by atoms with Crippen LogP contribution >= 0.6 is 0 Å². The molecule has 2 unspecified atom stereocenters. The first kappa shape index (κ1) is 10.9. The van der Waals surface area contributed by atoms with Crippen LogP contribution in [0.25, 0.3) is 0 Å². The lowest BCUT2D eigenvalue weighted by Crippen LogP contribution is -2.34. The molecular formula is C11H21N3O. The molecule has 2 fully saturated rings. The number of hydrogen-bond donors (Lipinski definition) is 1. The van der Waals surface area contributed by atoms with Crippen LogP contribution in [0.4, 0.5) is 0 Å². The number of carbonyl (C=O) groups excluding carboxylic acids is 1. The Balaban J connectivity index is 1.81. The van der Waals surface area contributed by atoms with Gasteiger partial charge in [-0.05, 0) is 32.4 Å². The van der Waals surface area contributed by atoms with Crippen LogP contribution in [0.15, 0.2) is 0 Å². The molecule has 2 aliphatic rings. The molecule has 0 aromatic heterocycles. The Kier molecular flexibility index (Phi) is 3.26. The second-order valence-corrected chi connectivity index (χ2v) is 4.69. The number of likely N-dealkylation sites (tertiary alicyclic amines) is 1. The molecule has 0 aromatic rings. The summed E-state index contributed by atoms with van der Waals surface area (Å²) >= 11 is 0. The number of nitrogens with zero attached hydrogens (tertiary/aromatic N) is 2. The molecule has 0 bridgehead atoms. The van der Waals surface area contributed by atoms with E-state index < -0.39 is 0 Å². The van der Waals surface area contributed by atoms with Crippen LogP contribution in [0.2, 0.25) is 0 Å². The maximum Gasteiger partial charge on any atom is 0.240 e. The topological polar surface area (TPSA) is 35.6 Å². The fourth-order valence-electron chi connectivity index (χ4n) is 2.50. The summed E-state index contributed by atoms with van der Waals surface area (Å²) in [7, 11) is 0. The van der Waals surface area contributed by atoms with Crippen LogP contribution < -0.4 is 5.32 Å². The number of amides is 1. The minimum Gasteiger partial charge on any atom is -0.328 e. The van der Waals surface area contributed by atoms with Crippen molar-refractivity contribution < 1.29 is 4.79 Å². The first-order valence-corrected chi connectivity index (χ1v) is 5.95. The van der Waals surface area contributed by atoms with Gasteiger partial charge in [-0.25, -0.2) is 0 Å². The summed E-state index contributed by atoms with van der Waals surface area (Å²) in [4.78, 5) is 16.1. The zero-order valence-electron chi connectivity index (χ0n) is 9.70. The highest BCUT2D eigenvalue weighted by Crippen LogP contribution is 2.18. The lowest BCUT2D eigenvalue weighted by atomic mass is 10.1. The van der Waals surface area contributed by atoms with Crippen molar-refractivity contribution in [3.8, 4) is 0 Å². The molecule has 2 saturated heterocycles. The van der Waals surface area contributed by atoms with E-state index in [1.165, 1.54) is 13.0 Å². The summed E-state index contributed by atoms with van der Waals surface area (Å²) in [6.45, 7) is 9.32. The fourth-order valence-corrected chi connectivity index (χ4v) is 2.50. The predicted octanol–water partition coefficient (Wildman–Crippen LogP) is 0.106. The average Bonchev–Trinajstić information content (AvgIpc) is 2.80. The Morgan fingerprint density at radius 1 is 1.53 bits per heavy atom. The van der Waals surface area contributed by atoms with Crippen molar-refractivity contribution in [2.24, 2.45) is 5.92 Å². The summed E-state index contributed by atoms with van der Waals surface area (Å²) < 4.78 is 0. The van der Waals surface area contributed by atoms with Crippen molar-refractivity contribution in [2.45, 2.75) is 26.3 Å². The third kappa shape index (κ3) is 2.32. The highest BCUT2D eigenvalue weighted by molar-refractivity contribution is 5.83. The van der Waals surface area contributed by atoms with Crippen molar-refractivity contribution in [1.82, 2.24) is 15.1 Å². The second kappa shape index (κ2) is 4.49. The van der Waals surface area contributed by atoms with Gasteiger partial charge in [-0.15, -0.1) is 0 Å². The molecule has 2 heterocycles. The molecule has 2 rings (SSSR count). The molecule has 0 radical (unpaired) electrons. The van der Waals surface area contributed by atoms with E-state index in [-0.39, 0.29) is 11.9 Å². The highest BCUT2D eigenvalue weighted by Gasteiger charge is 2.31. The van der Waals surface area contributed by atoms with Gasteiger partial charge in [0, 0.05) is 13.1 Å². The lowest BCUT2D eigenvalue weighted by molar-refractivity contribution is -0.129. The van der Waals surface area contributed by atoms with Crippen LogP contribution in [0.1, 0.15) is 20.3 Å². The quantitative estimate of drug-likeness (QED) is 0.719. The third-order valence-corrected chi connectivity index (χ3v) is 3.57. The average molecular weight is 211 g/mol. The molecule has 1 N–H and O–H groups in total. The molecule has 15 heavy (non-hydrogen) atoms. The third-order valence-electron chi connectivity index (χ3n) is 3.57. The summed E-state index contributed by atoms with van der Waals surface area (Å²) in [6.07, 6.45) is 1.24. The Bertz CT molecular complexity index is 244. The van der Waals surface area contributed by atoms with Gasteiger partial charge in [-0.1, -0.05) is 6.92 Å². The minimum atomic E-state index is 0.0219. The smallest absolute Gasteiger partial charge is 0.240 e. The van der Waals surface area contributed by atoms with E-state index in [1.54, 1.807) is 0 Å². The standard InChI is InChI=1S/C11H21N3O/c1-3-13-5-4-10(6-13)7-14-8-12-9(2)11(14)15/h9-10,12H,3-8H2,1-2H3. The van der Waals surface area contributed by atoms with E-state index >= 15 is 0 Å². The normalized spacial score (nSPS) is 32.9. The van der Waals surface area contributed by atoms with Crippen LogP contribution in [0, 0.1) is 5.92 Å². The van der Waals surface area contributed by atoms with E-state index in [0.29, 0.717) is 5.92 Å². The maximum absolute atomic E-state index is 11.7. The Labute approximate surface area is 91.6 Å². The molecule has 86 valence electrons. The second-order valence-electron chi connectivity index (χ2n) is 4.69. The predicted molar refractivity (Wildman–Crippen MR) is 59.4 cm³/mol. The molecule has 0 aromatic carbocycles. The number of rotatable bonds is 3. The van der Waals surface area contributed by atoms with Gasteiger partial charge in [0.05, 0.1) is 12.7 Å². The minimum absolute atomic E-state index is 0.0219. The van der Waals surface area contributed by atoms with Gasteiger partial charge >= 0.3 is 0 Å². The number of nitrogens with one attached hydrogen (secondary N) is 1. The van der Waals surface area contributed by atoms with Crippen molar-refractivity contribution >= 4 is 5.91 Å². The molecular weight excluding hydrogens is 190 g/mol. The van der Waals surface area contributed by atoms with Gasteiger partial charge in [-0.3, -0.25) is 10.1 Å². The van der Waals surface area contributed by atoms with E-state index in [1.807, 2.05) is 11.8 Å². The Morgan fingerprint density at radius 3 is 2.87 bits per heavy atom. The van der Waals surface area contributed by atoms with Crippen LogP contribution in [-0.2, 0) is 4.79 Å². The monoisotopic (exact) mass is 211 g/mol. The van der Waals surface area contributed by atoms with E-state index in [9.17, 15) is 4.79 Å². The van der Waals surface area contributed by atoms with Gasteiger partial charge in [0.2, 0.25) is 5.91 Å². The molecule has 0 aliphatic carbocycles. The van der Waals surface area contributed by atoms with Crippen LogP contribution in [0.3, 0.4) is 0 Å². The molecule has 1 amide bonds. The van der Waals surface area contributed by atoms with Gasteiger partial charge < -0.3 is 9.80 Å². The van der Waals surface area contributed by atoms with Crippen molar-refractivity contribution in [2.75, 3.05) is 32.8 Å². The largest absolute Gasteiger partial charge is 0.328 e. The van der Waals surface area contributed by atoms with E-state index in [4.69, 9.17) is 0 Å². The van der Waals surface area contributed by atoms with E-state index in [2.05, 4.69) is 17.1 Å². The maximum atomic E-state index is 11.7.